The van der Waals surface area contributed by atoms with Crippen LogP contribution in [-0.2, 0) is 9.53 Å². The van der Waals surface area contributed by atoms with Crippen LogP contribution in [0.2, 0.25) is 0 Å². The van der Waals surface area contributed by atoms with Gasteiger partial charge in [0.15, 0.2) is 0 Å². The van der Waals surface area contributed by atoms with Crippen molar-refractivity contribution in [3.05, 3.63) is 60.2 Å². The third-order valence-corrected chi connectivity index (χ3v) is 5.95. The Labute approximate surface area is 170 Å². The molecule has 152 valence electrons. The van der Waals surface area contributed by atoms with Gasteiger partial charge >= 0.3 is 5.97 Å². The molecule has 2 atom stereocenters. The Morgan fingerprint density at radius 2 is 1.66 bits per heavy atom. The third-order valence-electron chi connectivity index (χ3n) is 5.95. The van der Waals surface area contributed by atoms with Gasteiger partial charge < -0.3 is 20.1 Å². The van der Waals surface area contributed by atoms with Crippen molar-refractivity contribution in [2.45, 2.75) is 25.4 Å². The van der Waals surface area contributed by atoms with E-state index in [0.29, 0.717) is 31.7 Å². The predicted octanol–water partition coefficient (Wildman–Crippen LogP) is 3.77. The topological polar surface area (TPSA) is 78.9 Å². The zero-order chi connectivity index (χ0) is 20.2. The zero-order valence-electron chi connectivity index (χ0n) is 16.3. The van der Waals surface area contributed by atoms with Crippen molar-refractivity contribution < 1.29 is 19.4 Å². The second kappa shape index (κ2) is 8.66. The number of carbonyl (C=O) groups excluding carboxylic acids is 1. The van der Waals surface area contributed by atoms with E-state index in [-0.39, 0.29) is 17.9 Å². The number of carboxylic acids is 1. The molecule has 2 aromatic rings. The highest BCUT2D eigenvalue weighted by molar-refractivity contribution is 6.00. The first-order valence-electron chi connectivity index (χ1n) is 10.2. The largest absolute Gasteiger partial charge is 0.481 e. The fourth-order valence-electron chi connectivity index (χ4n) is 4.40. The van der Waals surface area contributed by atoms with Crippen LogP contribution in [0, 0.1) is 11.8 Å². The molecule has 2 fully saturated rings. The summed E-state index contributed by atoms with van der Waals surface area (Å²) in [6, 6.07) is 17.3. The molecule has 2 aliphatic heterocycles. The molecular formula is C23H26N2O4. The van der Waals surface area contributed by atoms with Crippen molar-refractivity contribution >= 4 is 23.3 Å². The molecule has 2 aliphatic rings. The molecule has 29 heavy (non-hydrogen) atoms. The number of hydrogen-bond donors (Lipinski definition) is 2. The van der Waals surface area contributed by atoms with Gasteiger partial charge in [0.25, 0.3) is 5.91 Å². The van der Waals surface area contributed by atoms with Crippen LogP contribution in [0.3, 0.4) is 0 Å². The fourth-order valence-corrected chi connectivity index (χ4v) is 4.40. The quantitative estimate of drug-likeness (QED) is 0.807. The molecule has 2 heterocycles. The highest BCUT2D eigenvalue weighted by Crippen LogP contribution is 2.34. The van der Waals surface area contributed by atoms with Gasteiger partial charge in [-0.2, -0.15) is 0 Å². The Kier molecular flexibility index (Phi) is 5.81. The zero-order valence-corrected chi connectivity index (χ0v) is 16.3. The van der Waals surface area contributed by atoms with E-state index in [9.17, 15) is 14.7 Å². The number of piperidine rings is 1. The fraction of sp³-hybridized carbons (Fsp3) is 0.391. The monoisotopic (exact) mass is 394 g/mol. The van der Waals surface area contributed by atoms with Gasteiger partial charge in [0, 0.05) is 25.4 Å². The lowest BCUT2D eigenvalue weighted by Gasteiger charge is -2.35. The number of aliphatic carboxylic acids is 1. The van der Waals surface area contributed by atoms with Crippen molar-refractivity contribution in [1.82, 2.24) is 4.90 Å². The van der Waals surface area contributed by atoms with Crippen molar-refractivity contribution in [2.75, 3.05) is 25.0 Å². The van der Waals surface area contributed by atoms with Crippen molar-refractivity contribution in [3.63, 3.8) is 0 Å². The Morgan fingerprint density at radius 1 is 0.966 bits per heavy atom. The van der Waals surface area contributed by atoms with Crippen LogP contribution in [0.25, 0.3) is 0 Å². The number of carbonyl (C=O) groups is 2. The van der Waals surface area contributed by atoms with Gasteiger partial charge in [-0.1, -0.05) is 30.3 Å². The van der Waals surface area contributed by atoms with Crippen molar-refractivity contribution in [1.29, 1.82) is 0 Å². The van der Waals surface area contributed by atoms with Crippen LogP contribution in [0.1, 0.15) is 29.6 Å². The number of nitrogens with one attached hydrogen (secondary N) is 1. The van der Waals surface area contributed by atoms with E-state index in [1.807, 2.05) is 59.5 Å². The maximum absolute atomic E-state index is 13.2. The molecule has 2 aromatic carbocycles. The molecule has 0 radical (unpaired) electrons. The summed E-state index contributed by atoms with van der Waals surface area (Å²) < 4.78 is 5.74. The Hall–Kier alpha value is -2.86. The van der Waals surface area contributed by atoms with E-state index in [4.69, 9.17) is 4.74 Å². The summed E-state index contributed by atoms with van der Waals surface area (Å²) in [5, 5.41) is 12.7. The molecule has 6 nitrogen and oxygen atoms in total. The number of nitrogens with zero attached hydrogens (tertiary/aromatic N) is 1. The number of rotatable bonds is 5. The summed E-state index contributed by atoms with van der Waals surface area (Å²) in [4.78, 5) is 26.5. The summed E-state index contributed by atoms with van der Waals surface area (Å²) in [7, 11) is 0. The van der Waals surface area contributed by atoms with Gasteiger partial charge in [0.2, 0.25) is 0 Å². The first-order valence-corrected chi connectivity index (χ1v) is 10.2. The highest BCUT2D eigenvalue weighted by atomic mass is 16.5. The number of anilines is 2. The number of carboxylic acid groups (broad SMARTS) is 1. The Bertz CT molecular complexity index is 862. The maximum Gasteiger partial charge on any atom is 0.309 e. The molecule has 4 rings (SSSR count). The number of benzene rings is 2. The van der Waals surface area contributed by atoms with Gasteiger partial charge in [0.1, 0.15) is 0 Å². The minimum absolute atomic E-state index is 0.00426. The molecule has 1 unspecified atom stereocenters. The first kappa shape index (κ1) is 19.5. The lowest BCUT2D eigenvalue weighted by molar-refractivity contribution is -0.145. The predicted molar refractivity (Wildman–Crippen MR) is 110 cm³/mol. The molecular weight excluding hydrogens is 368 g/mol. The van der Waals surface area contributed by atoms with Crippen molar-refractivity contribution in [2.24, 2.45) is 11.8 Å². The number of para-hydroxylation sites is 2. The van der Waals surface area contributed by atoms with Crippen LogP contribution in [0.4, 0.5) is 11.4 Å². The average Bonchev–Trinajstić information content (AvgIpc) is 3.25. The first-order chi connectivity index (χ1) is 14.1. The van der Waals surface area contributed by atoms with Gasteiger partial charge in [-0.3, -0.25) is 9.59 Å². The smallest absolute Gasteiger partial charge is 0.309 e. The number of amides is 1. The summed E-state index contributed by atoms with van der Waals surface area (Å²) in [5.74, 6) is -0.991. The molecule has 0 bridgehead atoms. The van der Waals surface area contributed by atoms with Crippen LogP contribution in [0.15, 0.2) is 54.6 Å². The molecule has 1 amide bonds. The van der Waals surface area contributed by atoms with Crippen LogP contribution < -0.4 is 5.32 Å². The van der Waals surface area contributed by atoms with E-state index in [1.165, 1.54) is 0 Å². The standard InChI is InChI=1S/C23H26N2O4/c26-22(18-8-4-5-9-20(18)24-17-6-2-1-3-7-17)25-13-10-16(11-14-25)21-19(23(27)28)12-15-29-21/h1-9,16,19,21,24H,10-15H2,(H,27,28)/t19?,21-/m0/s1. The van der Waals surface area contributed by atoms with E-state index >= 15 is 0 Å². The SMILES string of the molecule is O=C(O)C1CCO[C@H]1C1CCN(C(=O)c2ccccc2Nc2ccccc2)CC1. The minimum Gasteiger partial charge on any atom is -0.481 e. The number of ether oxygens (including phenoxy) is 1. The van der Waals surface area contributed by atoms with E-state index in [2.05, 4.69) is 5.32 Å². The van der Waals surface area contributed by atoms with Gasteiger partial charge in [-0.25, -0.2) is 0 Å². The molecule has 0 aromatic heterocycles. The number of hydrogen-bond acceptors (Lipinski definition) is 4. The molecule has 6 heteroatoms. The Morgan fingerprint density at radius 3 is 2.38 bits per heavy atom. The number of likely N-dealkylation sites (tertiary alicyclic amines) is 1. The average molecular weight is 394 g/mol. The van der Waals surface area contributed by atoms with Crippen LogP contribution >= 0.6 is 0 Å². The van der Waals surface area contributed by atoms with Gasteiger partial charge in [-0.15, -0.1) is 0 Å². The highest BCUT2D eigenvalue weighted by Gasteiger charge is 2.40. The summed E-state index contributed by atoms with van der Waals surface area (Å²) in [5.41, 5.74) is 2.37. The molecule has 0 saturated carbocycles. The lowest BCUT2D eigenvalue weighted by atomic mass is 9.84. The van der Waals surface area contributed by atoms with E-state index in [1.54, 1.807) is 0 Å². The summed E-state index contributed by atoms with van der Waals surface area (Å²) in [6.07, 6.45) is 1.90. The van der Waals surface area contributed by atoms with Gasteiger partial charge in [-0.05, 0) is 49.4 Å². The van der Waals surface area contributed by atoms with E-state index < -0.39 is 11.9 Å². The normalized spacial score (nSPS) is 22.4. The summed E-state index contributed by atoms with van der Waals surface area (Å²) >= 11 is 0. The second-order valence-corrected chi connectivity index (χ2v) is 7.74. The van der Waals surface area contributed by atoms with Crippen molar-refractivity contribution in [3.8, 4) is 0 Å². The maximum atomic E-state index is 13.2. The minimum atomic E-state index is -0.771. The van der Waals surface area contributed by atoms with Crippen LogP contribution in [-0.4, -0.2) is 47.7 Å². The van der Waals surface area contributed by atoms with Crippen LogP contribution in [0.5, 0.6) is 0 Å². The molecule has 2 N–H and O–H groups in total. The van der Waals surface area contributed by atoms with E-state index in [0.717, 1.165) is 24.2 Å². The molecule has 2 saturated heterocycles. The lowest BCUT2D eigenvalue weighted by Crippen LogP contribution is -2.43. The Balaban J connectivity index is 1.42. The third kappa shape index (κ3) is 4.27. The second-order valence-electron chi connectivity index (χ2n) is 7.74. The summed E-state index contributed by atoms with van der Waals surface area (Å²) in [6.45, 7) is 1.75. The molecule has 0 spiro atoms. The van der Waals surface area contributed by atoms with Gasteiger partial charge in [0.05, 0.1) is 23.3 Å². The molecule has 0 aliphatic carbocycles.